The molecule has 3 heteroatoms. The van der Waals surface area contributed by atoms with E-state index in [9.17, 15) is 4.79 Å². The minimum Gasteiger partial charge on any atom is -0.325 e. The quantitative estimate of drug-likeness (QED) is 0.903. The average Bonchev–Trinajstić information content (AvgIpc) is 2.56. The SMILES string of the molecule is CCC1(C(=O)Nc2cccc3ccccc23)CCCNC1. The smallest absolute Gasteiger partial charge is 0.231 e. The maximum Gasteiger partial charge on any atom is 0.231 e. The van der Waals surface area contributed by atoms with Crippen molar-refractivity contribution in [2.45, 2.75) is 26.2 Å². The Hall–Kier alpha value is -1.87. The number of nitrogens with one attached hydrogen (secondary N) is 2. The summed E-state index contributed by atoms with van der Waals surface area (Å²) in [6, 6.07) is 14.2. The van der Waals surface area contributed by atoms with Crippen molar-refractivity contribution in [1.82, 2.24) is 5.32 Å². The topological polar surface area (TPSA) is 41.1 Å². The van der Waals surface area contributed by atoms with Crippen LogP contribution in [-0.4, -0.2) is 19.0 Å². The van der Waals surface area contributed by atoms with Crippen LogP contribution in [0.15, 0.2) is 42.5 Å². The van der Waals surface area contributed by atoms with Gasteiger partial charge in [-0.3, -0.25) is 4.79 Å². The van der Waals surface area contributed by atoms with Gasteiger partial charge in [0.15, 0.2) is 0 Å². The van der Waals surface area contributed by atoms with E-state index >= 15 is 0 Å². The molecule has 2 N–H and O–H groups in total. The van der Waals surface area contributed by atoms with E-state index in [0.717, 1.165) is 48.8 Å². The fourth-order valence-electron chi connectivity index (χ4n) is 3.21. The molecule has 110 valence electrons. The summed E-state index contributed by atoms with van der Waals surface area (Å²) in [6.45, 7) is 3.90. The lowest BCUT2D eigenvalue weighted by Crippen LogP contribution is -2.47. The molecule has 0 aromatic heterocycles. The van der Waals surface area contributed by atoms with Crippen molar-refractivity contribution in [3.63, 3.8) is 0 Å². The summed E-state index contributed by atoms with van der Waals surface area (Å²) < 4.78 is 0. The Morgan fingerprint density at radius 3 is 2.81 bits per heavy atom. The lowest BCUT2D eigenvalue weighted by Gasteiger charge is -2.35. The normalized spacial score (nSPS) is 22.1. The highest BCUT2D eigenvalue weighted by Gasteiger charge is 2.37. The van der Waals surface area contributed by atoms with Gasteiger partial charge in [0.05, 0.1) is 5.41 Å². The molecular formula is C18H22N2O. The Labute approximate surface area is 125 Å². The molecule has 1 heterocycles. The van der Waals surface area contributed by atoms with Crippen LogP contribution in [-0.2, 0) is 4.79 Å². The molecule has 1 fully saturated rings. The zero-order valence-electron chi connectivity index (χ0n) is 12.5. The van der Waals surface area contributed by atoms with Crippen molar-refractivity contribution in [3.05, 3.63) is 42.5 Å². The Kier molecular flexibility index (Phi) is 3.93. The van der Waals surface area contributed by atoms with E-state index in [1.807, 2.05) is 24.3 Å². The van der Waals surface area contributed by atoms with Crippen LogP contribution in [0.5, 0.6) is 0 Å². The van der Waals surface area contributed by atoms with Crippen molar-refractivity contribution < 1.29 is 4.79 Å². The maximum atomic E-state index is 12.8. The van der Waals surface area contributed by atoms with Gasteiger partial charge in [0.25, 0.3) is 0 Å². The molecule has 1 atom stereocenters. The molecule has 1 amide bonds. The summed E-state index contributed by atoms with van der Waals surface area (Å²) in [5.74, 6) is 0.147. The number of benzene rings is 2. The lowest BCUT2D eigenvalue weighted by atomic mass is 9.77. The molecule has 0 spiro atoms. The van der Waals surface area contributed by atoms with Crippen LogP contribution in [0.3, 0.4) is 0 Å². The highest BCUT2D eigenvalue weighted by Crippen LogP contribution is 2.32. The lowest BCUT2D eigenvalue weighted by molar-refractivity contribution is -0.126. The van der Waals surface area contributed by atoms with Gasteiger partial charge in [-0.1, -0.05) is 43.3 Å². The van der Waals surface area contributed by atoms with Crippen molar-refractivity contribution in [3.8, 4) is 0 Å². The highest BCUT2D eigenvalue weighted by molar-refractivity contribution is 6.04. The summed E-state index contributed by atoms with van der Waals surface area (Å²) >= 11 is 0. The van der Waals surface area contributed by atoms with Crippen LogP contribution in [0.4, 0.5) is 5.69 Å². The zero-order chi connectivity index (χ0) is 14.7. The number of hydrogen-bond acceptors (Lipinski definition) is 2. The molecule has 1 aliphatic heterocycles. The van der Waals surface area contributed by atoms with Crippen molar-refractivity contribution in [2.75, 3.05) is 18.4 Å². The van der Waals surface area contributed by atoms with E-state index in [1.54, 1.807) is 0 Å². The number of carbonyl (C=O) groups excluding carboxylic acids is 1. The van der Waals surface area contributed by atoms with Gasteiger partial charge in [0, 0.05) is 17.6 Å². The second kappa shape index (κ2) is 5.86. The number of carbonyl (C=O) groups is 1. The molecular weight excluding hydrogens is 260 g/mol. The molecule has 1 aliphatic rings. The second-order valence-corrected chi connectivity index (χ2v) is 5.90. The third-order valence-corrected chi connectivity index (χ3v) is 4.67. The largest absolute Gasteiger partial charge is 0.325 e. The van der Waals surface area contributed by atoms with Crippen LogP contribution in [0.2, 0.25) is 0 Å². The van der Waals surface area contributed by atoms with Crippen molar-refractivity contribution >= 4 is 22.4 Å². The van der Waals surface area contributed by atoms with Gasteiger partial charge >= 0.3 is 0 Å². The van der Waals surface area contributed by atoms with Gasteiger partial charge < -0.3 is 10.6 Å². The van der Waals surface area contributed by atoms with E-state index in [1.165, 1.54) is 0 Å². The Morgan fingerprint density at radius 1 is 1.24 bits per heavy atom. The zero-order valence-corrected chi connectivity index (χ0v) is 12.5. The monoisotopic (exact) mass is 282 g/mol. The molecule has 3 rings (SSSR count). The standard InChI is InChI=1S/C18H22N2O/c1-2-18(11-6-12-19-13-18)17(21)20-16-10-5-8-14-7-3-4-9-15(14)16/h3-5,7-10,19H,2,6,11-13H2,1H3,(H,20,21). The Balaban J connectivity index is 1.89. The van der Waals surface area contributed by atoms with Crippen molar-refractivity contribution in [1.29, 1.82) is 0 Å². The highest BCUT2D eigenvalue weighted by atomic mass is 16.2. The fraction of sp³-hybridized carbons (Fsp3) is 0.389. The van der Waals surface area contributed by atoms with Gasteiger partial charge in [0.2, 0.25) is 5.91 Å². The summed E-state index contributed by atoms with van der Waals surface area (Å²) in [6.07, 6.45) is 2.90. The fourth-order valence-corrected chi connectivity index (χ4v) is 3.21. The summed E-state index contributed by atoms with van der Waals surface area (Å²) in [5, 5.41) is 8.79. The number of piperidine rings is 1. The molecule has 0 bridgehead atoms. The molecule has 0 saturated carbocycles. The maximum absolute atomic E-state index is 12.8. The number of hydrogen-bond donors (Lipinski definition) is 2. The summed E-state index contributed by atoms with van der Waals surface area (Å²) in [7, 11) is 0. The van der Waals surface area contributed by atoms with E-state index in [-0.39, 0.29) is 11.3 Å². The van der Waals surface area contributed by atoms with Crippen LogP contribution >= 0.6 is 0 Å². The molecule has 0 radical (unpaired) electrons. The first-order chi connectivity index (χ1) is 10.2. The predicted octanol–water partition coefficient (Wildman–Crippen LogP) is 3.56. The van der Waals surface area contributed by atoms with E-state index in [0.29, 0.717) is 0 Å². The van der Waals surface area contributed by atoms with Gasteiger partial charge in [0.1, 0.15) is 0 Å². The number of anilines is 1. The number of rotatable bonds is 3. The molecule has 3 nitrogen and oxygen atoms in total. The molecule has 2 aromatic carbocycles. The summed E-state index contributed by atoms with van der Waals surface area (Å²) in [4.78, 5) is 12.8. The molecule has 1 unspecified atom stereocenters. The third kappa shape index (κ3) is 2.66. The molecule has 0 aliphatic carbocycles. The van der Waals surface area contributed by atoms with Gasteiger partial charge in [-0.05, 0) is 37.3 Å². The molecule has 1 saturated heterocycles. The van der Waals surface area contributed by atoms with Crippen LogP contribution in [0.25, 0.3) is 10.8 Å². The Bertz CT molecular complexity index is 639. The predicted molar refractivity (Wildman–Crippen MR) is 87.4 cm³/mol. The van der Waals surface area contributed by atoms with Crippen LogP contribution in [0, 0.1) is 5.41 Å². The van der Waals surface area contributed by atoms with Crippen LogP contribution in [0.1, 0.15) is 26.2 Å². The van der Waals surface area contributed by atoms with E-state index in [2.05, 4.69) is 35.8 Å². The second-order valence-electron chi connectivity index (χ2n) is 5.90. The van der Waals surface area contributed by atoms with E-state index in [4.69, 9.17) is 0 Å². The third-order valence-electron chi connectivity index (χ3n) is 4.67. The van der Waals surface area contributed by atoms with Gasteiger partial charge in [-0.25, -0.2) is 0 Å². The molecule has 2 aromatic rings. The minimum atomic E-state index is -0.269. The van der Waals surface area contributed by atoms with E-state index < -0.39 is 0 Å². The van der Waals surface area contributed by atoms with Gasteiger partial charge in [-0.2, -0.15) is 0 Å². The molecule has 21 heavy (non-hydrogen) atoms. The number of fused-ring (bicyclic) bond motifs is 1. The van der Waals surface area contributed by atoms with Crippen molar-refractivity contribution in [2.24, 2.45) is 5.41 Å². The summed E-state index contributed by atoms with van der Waals surface area (Å²) in [5.41, 5.74) is 0.645. The number of amides is 1. The van der Waals surface area contributed by atoms with Crippen LogP contribution < -0.4 is 10.6 Å². The first-order valence-electron chi connectivity index (χ1n) is 7.75. The van der Waals surface area contributed by atoms with Gasteiger partial charge in [-0.15, -0.1) is 0 Å². The first-order valence-corrected chi connectivity index (χ1v) is 7.75. The minimum absolute atomic E-state index is 0.147. The average molecular weight is 282 g/mol. The Morgan fingerprint density at radius 2 is 2.05 bits per heavy atom. The first kappa shape index (κ1) is 14.1.